The lowest BCUT2D eigenvalue weighted by Crippen LogP contribution is -2.24. The van der Waals surface area contributed by atoms with Crippen LogP contribution in [0.4, 0.5) is 13.2 Å². The Kier molecular flexibility index (Phi) is 7.46. The first-order valence-electron chi connectivity index (χ1n) is 7.65. The van der Waals surface area contributed by atoms with Gasteiger partial charge in [0.25, 0.3) is 0 Å². The third-order valence-electron chi connectivity index (χ3n) is 2.92. The summed E-state index contributed by atoms with van der Waals surface area (Å²) in [5, 5.41) is 2.55. The summed E-state index contributed by atoms with van der Waals surface area (Å²) in [6, 6.07) is 16.1. The van der Waals surface area contributed by atoms with E-state index in [-0.39, 0.29) is 0 Å². The number of carbonyl (C=O) groups is 1. The number of benzene rings is 2. The molecule has 2 aromatic carbocycles. The van der Waals surface area contributed by atoms with Gasteiger partial charge in [-0.3, -0.25) is 4.28 Å². The standard InChI is InChI=1S/C17H14F3NO5S2/c18-17(19,20)12-25-16(22)15(27-14-9-5-2-6-10-14)21-26-28(23,24)11-13-7-3-1-4-8-13/h1-10H,11-12H2/b21-15-. The Hall–Kier alpha value is -2.53. The summed E-state index contributed by atoms with van der Waals surface area (Å²) in [4.78, 5) is 12.3. The van der Waals surface area contributed by atoms with Crippen molar-refractivity contribution >= 4 is 32.9 Å². The molecule has 0 saturated carbocycles. The average molecular weight is 433 g/mol. The maximum absolute atomic E-state index is 12.3. The monoisotopic (exact) mass is 433 g/mol. The second-order valence-electron chi connectivity index (χ2n) is 5.27. The predicted molar refractivity (Wildman–Crippen MR) is 96.9 cm³/mol. The minimum absolute atomic E-state index is 0.412. The van der Waals surface area contributed by atoms with Gasteiger partial charge in [-0.25, -0.2) is 4.79 Å². The maximum Gasteiger partial charge on any atom is 0.422 e. The molecule has 150 valence electrons. The molecular formula is C17H14F3NO5S2. The fourth-order valence-electron chi connectivity index (χ4n) is 1.80. The van der Waals surface area contributed by atoms with E-state index in [0.29, 0.717) is 22.2 Å². The van der Waals surface area contributed by atoms with Gasteiger partial charge >= 0.3 is 22.3 Å². The van der Waals surface area contributed by atoms with Gasteiger partial charge in [-0.1, -0.05) is 65.4 Å². The lowest BCUT2D eigenvalue weighted by atomic mass is 10.2. The van der Waals surface area contributed by atoms with Gasteiger partial charge in [0.05, 0.1) is 0 Å². The predicted octanol–water partition coefficient (Wildman–Crippen LogP) is 3.74. The van der Waals surface area contributed by atoms with E-state index in [1.54, 1.807) is 60.7 Å². The molecule has 0 unspecified atom stereocenters. The van der Waals surface area contributed by atoms with Gasteiger partial charge in [-0.15, -0.1) is 0 Å². The number of esters is 1. The first-order valence-corrected chi connectivity index (χ1v) is 10.0. The van der Waals surface area contributed by atoms with Crippen molar-refractivity contribution in [2.75, 3.05) is 6.61 Å². The van der Waals surface area contributed by atoms with Crippen molar-refractivity contribution in [2.45, 2.75) is 16.8 Å². The number of hydrogen-bond donors (Lipinski definition) is 0. The van der Waals surface area contributed by atoms with Crippen molar-refractivity contribution in [3.8, 4) is 0 Å². The summed E-state index contributed by atoms with van der Waals surface area (Å²) in [6.07, 6.45) is -4.74. The molecule has 2 rings (SSSR count). The van der Waals surface area contributed by atoms with Crippen molar-refractivity contribution < 1.29 is 35.4 Å². The van der Waals surface area contributed by atoms with Crippen molar-refractivity contribution in [3.63, 3.8) is 0 Å². The van der Waals surface area contributed by atoms with Gasteiger partial charge in [0.15, 0.2) is 6.61 Å². The van der Waals surface area contributed by atoms with Gasteiger partial charge in [0.1, 0.15) is 5.75 Å². The number of hydrogen-bond acceptors (Lipinski definition) is 7. The zero-order valence-corrected chi connectivity index (χ0v) is 15.8. The van der Waals surface area contributed by atoms with Crippen molar-refractivity contribution in [1.82, 2.24) is 0 Å². The summed E-state index contributed by atoms with van der Waals surface area (Å²) in [5.74, 6) is -1.99. The highest BCUT2D eigenvalue weighted by molar-refractivity contribution is 8.15. The molecule has 6 nitrogen and oxygen atoms in total. The van der Waals surface area contributed by atoms with Crippen LogP contribution in [0.1, 0.15) is 5.56 Å². The highest BCUT2D eigenvalue weighted by Gasteiger charge is 2.31. The molecule has 0 amide bonds. The molecule has 0 N–H and O–H groups in total. The second-order valence-corrected chi connectivity index (χ2v) is 7.88. The Bertz CT molecular complexity index is 917. The SMILES string of the molecule is O=C(OCC(F)(F)F)/C(=N/OS(=O)(=O)Cc1ccccc1)Sc1ccccc1. The van der Waals surface area contributed by atoms with Gasteiger partial charge in [0, 0.05) is 4.90 Å². The number of thioether (sulfide) groups is 1. The Morgan fingerprint density at radius 2 is 1.57 bits per heavy atom. The first-order chi connectivity index (χ1) is 13.1. The molecule has 0 bridgehead atoms. The molecule has 0 saturated heterocycles. The molecule has 0 aliphatic carbocycles. The molecule has 0 atom stereocenters. The summed E-state index contributed by atoms with van der Waals surface area (Å²) in [7, 11) is -4.23. The van der Waals surface area contributed by atoms with Crippen LogP contribution in [0.5, 0.6) is 0 Å². The van der Waals surface area contributed by atoms with E-state index in [1.165, 1.54) is 0 Å². The molecule has 0 aliphatic heterocycles. The number of alkyl halides is 3. The van der Waals surface area contributed by atoms with E-state index in [1.807, 2.05) is 0 Å². The fraction of sp³-hybridized carbons (Fsp3) is 0.176. The van der Waals surface area contributed by atoms with Crippen molar-refractivity contribution in [1.29, 1.82) is 0 Å². The lowest BCUT2D eigenvalue weighted by molar-refractivity contribution is -0.181. The topological polar surface area (TPSA) is 82.0 Å². The smallest absolute Gasteiger partial charge is 0.422 e. The molecule has 0 aromatic heterocycles. The van der Waals surface area contributed by atoms with E-state index >= 15 is 0 Å². The normalized spacial score (nSPS) is 12.5. The largest absolute Gasteiger partial charge is 0.451 e. The van der Waals surface area contributed by atoms with Crippen LogP contribution in [0.2, 0.25) is 0 Å². The summed E-state index contributed by atoms with van der Waals surface area (Å²) < 4.78 is 69.5. The second kappa shape index (κ2) is 9.60. The molecule has 0 radical (unpaired) electrons. The molecule has 28 heavy (non-hydrogen) atoms. The maximum atomic E-state index is 12.3. The van der Waals surface area contributed by atoms with Gasteiger partial charge in [0.2, 0.25) is 5.04 Å². The molecule has 0 heterocycles. The van der Waals surface area contributed by atoms with Crippen LogP contribution in [0.15, 0.2) is 70.7 Å². The van der Waals surface area contributed by atoms with Gasteiger partial charge < -0.3 is 4.74 Å². The highest BCUT2D eigenvalue weighted by atomic mass is 32.2. The summed E-state index contributed by atoms with van der Waals surface area (Å²) in [5.41, 5.74) is 0.412. The third kappa shape index (κ3) is 8.01. The molecule has 0 spiro atoms. The Balaban J connectivity index is 2.15. The van der Waals surface area contributed by atoms with Crippen molar-refractivity contribution in [3.05, 3.63) is 66.2 Å². The molecule has 2 aromatic rings. The average Bonchev–Trinajstić information content (AvgIpc) is 2.64. The van der Waals surface area contributed by atoms with Crippen molar-refractivity contribution in [2.24, 2.45) is 5.16 Å². The van der Waals surface area contributed by atoms with Crippen LogP contribution in [0.3, 0.4) is 0 Å². The van der Waals surface area contributed by atoms with Crippen LogP contribution >= 0.6 is 11.8 Å². The number of ether oxygens (including phenoxy) is 1. The Labute approximate surface area is 163 Å². The molecule has 0 fully saturated rings. The number of nitrogens with zero attached hydrogens (tertiary/aromatic N) is 1. The van der Waals surface area contributed by atoms with E-state index in [9.17, 15) is 26.4 Å². The van der Waals surface area contributed by atoms with Crippen LogP contribution in [-0.2, 0) is 29.7 Å². The Morgan fingerprint density at radius 1 is 1.00 bits per heavy atom. The van der Waals surface area contributed by atoms with E-state index < -0.39 is 39.7 Å². The number of carbonyl (C=O) groups excluding carboxylic acids is 1. The molecule has 11 heteroatoms. The van der Waals surface area contributed by atoms with Gasteiger partial charge in [-0.2, -0.15) is 21.6 Å². The lowest BCUT2D eigenvalue weighted by Gasteiger charge is -2.09. The van der Waals surface area contributed by atoms with E-state index in [0.717, 1.165) is 0 Å². The highest BCUT2D eigenvalue weighted by Crippen LogP contribution is 2.22. The molecular weight excluding hydrogens is 419 g/mol. The quantitative estimate of drug-likeness (QED) is 0.227. The van der Waals surface area contributed by atoms with Crippen LogP contribution < -0.4 is 0 Å². The Morgan fingerprint density at radius 3 is 2.14 bits per heavy atom. The van der Waals surface area contributed by atoms with Crippen LogP contribution in [0.25, 0.3) is 0 Å². The van der Waals surface area contributed by atoms with E-state index in [4.69, 9.17) is 0 Å². The zero-order chi connectivity index (χ0) is 20.6. The number of oxime groups is 1. The fourth-order valence-corrected chi connectivity index (χ4v) is 3.42. The summed E-state index contributed by atoms with van der Waals surface area (Å²) in [6.45, 7) is -1.84. The number of rotatable bonds is 6. The number of halogens is 3. The minimum atomic E-state index is -4.74. The first kappa shape index (κ1) is 21.8. The third-order valence-corrected chi connectivity index (χ3v) is 4.85. The summed E-state index contributed by atoms with van der Waals surface area (Å²) >= 11 is 0.613. The van der Waals surface area contributed by atoms with Crippen LogP contribution in [-0.4, -0.2) is 32.2 Å². The van der Waals surface area contributed by atoms with E-state index in [2.05, 4.69) is 14.2 Å². The molecule has 0 aliphatic rings. The zero-order valence-electron chi connectivity index (χ0n) is 14.1. The van der Waals surface area contributed by atoms with Gasteiger partial charge in [-0.05, 0) is 17.7 Å². The minimum Gasteiger partial charge on any atom is -0.451 e. The van der Waals surface area contributed by atoms with Crippen LogP contribution in [0, 0.1) is 0 Å².